The molecule has 0 saturated carbocycles. The van der Waals surface area contributed by atoms with Crippen molar-refractivity contribution in [1.82, 2.24) is 0 Å². The Balaban J connectivity index is 2.02. The van der Waals surface area contributed by atoms with E-state index in [-0.39, 0.29) is 0 Å². The number of hydrogen-bond acceptors (Lipinski definition) is 0. The summed E-state index contributed by atoms with van der Waals surface area (Å²) in [5.41, 5.74) is 7.74. The molecule has 0 atom stereocenters. The van der Waals surface area contributed by atoms with E-state index in [2.05, 4.69) is 112 Å². The van der Waals surface area contributed by atoms with Gasteiger partial charge in [-0.25, -0.2) is 0 Å². The molecule has 0 radical (unpaired) electrons. The van der Waals surface area contributed by atoms with Crippen molar-refractivity contribution >= 4 is 28.8 Å². The summed E-state index contributed by atoms with van der Waals surface area (Å²) < 4.78 is 0. The van der Waals surface area contributed by atoms with Crippen molar-refractivity contribution in [3.05, 3.63) is 108 Å². The van der Waals surface area contributed by atoms with Gasteiger partial charge >= 0.3 is 0 Å². The monoisotopic (exact) mass is 460 g/mol. The molecule has 0 unspecified atom stereocenters. The van der Waals surface area contributed by atoms with Gasteiger partial charge in [0, 0.05) is 0 Å². The average Bonchev–Trinajstić information content (AvgIpc) is 3.21. The van der Waals surface area contributed by atoms with Crippen LogP contribution in [-0.2, 0) is 19.3 Å². The van der Waals surface area contributed by atoms with Gasteiger partial charge in [-0.05, 0) is 67.8 Å². The van der Waals surface area contributed by atoms with Gasteiger partial charge < -0.3 is 0 Å². The summed E-state index contributed by atoms with van der Waals surface area (Å²) in [6.45, 7) is 6.96. The van der Waals surface area contributed by atoms with E-state index in [9.17, 15) is 0 Å². The highest BCUT2D eigenvalue weighted by atomic mass is 28.3. The van der Waals surface area contributed by atoms with Crippen LogP contribution >= 0.6 is 0 Å². The molecule has 0 fully saturated rings. The normalized spacial score (nSPS) is 13.5. The van der Waals surface area contributed by atoms with E-state index in [0.29, 0.717) is 0 Å². The highest BCUT2D eigenvalue weighted by Gasteiger charge is 2.51. The van der Waals surface area contributed by atoms with E-state index >= 15 is 0 Å². The van der Waals surface area contributed by atoms with E-state index < -0.39 is 8.07 Å². The van der Waals surface area contributed by atoms with Crippen LogP contribution in [0.1, 0.15) is 56.7 Å². The Morgan fingerprint density at radius 2 is 0.971 bits per heavy atom. The summed E-state index contributed by atoms with van der Waals surface area (Å²) >= 11 is 0. The lowest BCUT2D eigenvalue weighted by Gasteiger charge is -2.34. The number of benzene rings is 4. The third-order valence-corrected chi connectivity index (χ3v) is 12.6. The van der Waals surface area contributed by atoms with Crippen LogP contribution in [0, 0.1) is 0 Å². The van der Waals surface area contributed by atoms with Crippen LogP contribution in [0.4, 0.5) is 0 Å². The lowest BCUT2D eigenvalue weighted by atomic mass is 9.92. The second-order valence-electron chi connectivity index (χ2n) is 9.71. The summed E-state index contributed by atoms with van der Waals surface area (Å²) in [7, 11) is -2.45. The average molecular weight is 461 g/mol. The highest BCUT2D eigenvalue weighted by molar-refractivity contribution is 7.22. The molecule has 0 nitrogen and oxygen atoms in total. The van der Waals surface area contributed by atoms with Gasteiger partial charge in [-0.15, -0.1) is 0 Å². The second-order valence-corrected chi connectivity index (χ2v) is 13.4. The van der Waals surface area contributed by atoms with E-state index in [0.717, 1.165) is 19.3 Å². The summed E-state index contributed by atoms with van der Waals surface area (Å²) in [4.78, 5) is 0. The van der Waals surface area contributed by atoms with Gasteiger partial charge in [0.1, 0.15) is 0 Å². The van der Waals surface area contributed by atoms with Crippen LogP contribution < -0.4 is 20.7 Å². The number of fused-ring (bicyclic) bond motifs is 3. The third-order valence-electron chi connectivity index (χ3n) is 7.52. The Bertz CT molecular complexity index is 1230. The quantitative estimate of drug-likeness (QED) is 0.253. The first kappa shape index (κ1) is 22.9. The molecule has 0 aliphatic carbocycles. The van der Waals surface area contributed by atoms with E-state index in [1.54, 1.807) is 27.1 Å². The Hall–Kier alpha value is -2.90. The molecule has 4 aromatic carbocycles. The molecule has 0 spiro atoms. The molecule has 1 heterocycles. The molecule has 0 aromatic heterocycles. The van der Waals surface area contributed by atoms with Gasteiger partial charge in [0.2, 0.25) is 0 Å². The molecule has 172 valence electrons. The Labute approximate surface area is 206 Å². The van der Waals surface area contributed by atoms with Crippen LogP contribution in [0.15, 0.2) is 91.0 Å². The lowest BCUT2D eigenvalue weighted by Crippen LogP contribution is -2.74. The molecular formula is C33H36Si. The van der Waals surface area contributed by atoms with Crippen molar-refractivity contribution in [2.45, 2.75) is 59.3 Å². The van der Waals surface area contributed by atoms with Gasteiger partial charge in [-0.3, -0.25) is 0 Å². The van der Waals surface area contributed by atoms with Crippen LogP contribution in [0.2, 0.25) is 0 Å². The third kappa shape index (κ3) is 3.49. The molecule has 5 rings (SSSR count). The summed E-state index contributed by atoms with van der Waals surface area (Å²) in [6.07, 6.45) is 6.93. The fraction of sp³-hybridized carbons (Fsp3) is 0.273. The zero-order valence-electron chi connectivity index (χ0n) is 20.9. The molecule has 0 saturated heterocycles. The molecule has 4 aromatic rings. The molecule has 0 N–H and O–H groups in total. The van der Waals surface area contributed by atoms with E-state index in [1.807, 2.05) is 0 Å². The van der Waals surface area contributed by atoms with Gasteiger partial charge in [-0.2, -0.15) is 0 Å². The fourth-order valence-electron chi connectivity index (χ4n) is 6.35. The molecule has 0 bridgehead atoms. The molecule has 1 aliphatic rings. The Kier molecular flexibility index (Phi) is 6.56. The van der Waals surface area contributed by atoms with Crippen LogP contribution in [-0.4, -0.2) is 8.07 Å². The maximum absolute atomic E-state index is 2.48. The summed E-state index contributed by atoms with van der Waals surface area (Å²) in [6, 6.07) is 35.1. The standard InChI is InChI=1S/C33H36Si/c1-4-14-25-23-24-27(16-6-3)33-31(25)30-22-13-17-26(15-5-2)32(30)34(33,28-18-9-7-10-19-28)29-20-11-8-12-21-29/h7-13,17-24H,4-6,14-16H2,1-3H3. The minimum absolute atomic E-state index is 1.14. The molecule has 1 aliphatic heterocycles. The topological polar surface area (TPSA) is 0 Å². The van der Waals surface area contributed by atoms with Crippen LogP contribution in [0.5, 0.6) is 0 Å². The van der Waals surface area contributed by atoms with Crippen molar-refractivity contribution in [2.75, 3.05) is 0 Å². The summed E-state index contributed by atoms with van der Waals surface area (Å²) in [5, 5.41) is 6.38. The van der Waals surface area contributed by atoms with Crippen LogP contribution in [0.25, 0.3) is 11.1 Å². The second kappa shape index (κ2) is 9.76. The molecule has 34 heavy (non-hydrogen) atoms. The Morgan fingerprint density at radius 1 is 0.471 bits per heavy atom. The maximum atomic E-state index is 2.48. The first-order chi connectivity index (χ1) is 16.8. The first-order valence-corrected chi connectivity index (χ1v) is 15.2. The zero-order chi connectivity index (χ0) is 23.5. The number of aryl methyl sites for hydroxylation is 3. The zero-order valence-corrected chi connectivity index (χ0v) is 21.9. The van der Waals surface area contributed by atoms with Crippen molar-refractivity contribution < 1.29 is 0 Å². The molecule has 1 heteroatoms. The summed E-state index contributed by atoms with van der Waals surface area (Å²) in [5.74, 6) is 0. The largest absolute Gasteiger partial charge is 0.181 e. The van der Waals surface area contributed by atoms with Gasteiger partial charge in [0.05, 0.1) is 0 Å². The first-order valence-electron chi connectivity index (χ1n) is 13.2. The molecule has 0 amide bonds. The number of hydrogen-bond donors (Lipinski definition) is 0. The van der Waals surface area contributed by atoms with Gasteiger partial charge in [0.15, 0.2) is 8.07 Å². The predicted octanol–water partition coefficient (Wildman–Crippen LogP) is 5.90. The highest BCUT2D eigenvalue weighted by Crippen LogP contribution is 2.35. The van der Waals surface area contributed by atoms with Crippen LogP contribution in [0.3, 0.4) is 0 Å². The van der Waals surface area contributed by atoms with Gasteiger partial charge in [0.25, 0.3) is 0 Å². The maximum Gasteiger partial charge on any atom is 0.181 e. The van der Waals surface area contributed by atoms with Crippen molar-refractivity contribution in [1.29, 1.82) is 0 Å². The SMILES string of the molecule is CCCc1ccc(CCC)c2c1-c1cccc(CCC)c1[Si]2(c1ccccc1)c1ccccc1. The lowest BCUT2D eigenvalue weighted by molar-refractivity contribution is 0.910. The predicted molar refractivity (Wildman–Crippen MR) is 151 cm³/mol. The minimum atomic E-state index is -2.45. The van der Waals surface area contributed by atoms with Crippen molar-refractivity contribution in [3.63, 3.8) is 0 Å². The fourth-order valence-corrected chi connectivity index (χ4v) is 12.1. The van der Waals surface area contributed by atoms with Crippen molar-refractivity contribution in [3.8, 4) is 11.1 Å². The van der Waals surface area contributed by atoms with Crippen molar-refractivity contribution in [2.24, 2.45) is 0 Å². The molecular weight excluding hydrogens is 424 g/mol. The van der Waals surface area contributed by atoms with E-state index in [4.69, 9.17) is 0 Å². The van der Waals surface area contributed by atoms with Gasteiger partial charge in [-0.1, -0.05) is 131 Å². The minimum Gasteiger partial charge on any atom is -0.0651 e. The number of rotatable bonds is 8. The smallest absolute Gasteiger partial charge is 0.0651 e. The van der Waals surface area contributed by atoms with E-state index in [1.165, 1.54) is 40.8 Å². The Morgan fingerprint density at radius 3 is 1.53 bits per heavy atom.